The highest BCUT2D eigenvalue weighted by Crippen LogP contribution is 2.60. The van der Waals surface area contributed by atoms with E-state index in [-0.39, 0.29) is 42.1 Å². The summed E-state index contributed by atoms with van der Waals surface area (Å²) >= 11 is 0. The van der Waals surface area contributed by atoms with E-state index in [9.17, 15) is 40.3 Å². The van der Waals surface area contributed by atoms with E-state index in [0.717, 1.165) is 36.4 Å². The number of carbonyl (C=O) groups is 1. The standard InChI is InChI=1S/C26H27F5O4S/c1-15(32)23(33)14-17-11-12-25(36(34,35)20-7-5-19(27)6-8-20)21(17)9-3-16-13-18(4-10-22(16)25)24(2,28)26(29,30)31/h4-8,10,13,15,17,21,32H,3,9,11-12,14H2,1-2H3/t15-,17+,21+,24?,25+/m1/s1. The molecule has 0 saturated heterocycles. The lowest BCUT2D eigenvalue weighted by Crippen LogP contribution is -2.45. The first-order valence-corrected chi connectivity index (χ1v) is 13.2. The lowest BCUT2D eigenvalue weighted by atomic mass is 9.72. The first kappa shape index (κ1) is 26.7. The number of aliphatic hydroxyl groups excluding tert-OH is 1. The van der Waals surface area contributed by atoms with Gasteiger partial charge in [0, 0.05) is 6.42 Å². The second kappa shape index (κ2) is 8.90. The minimum Gasteiger partial charge on any atom is -0.386 e. The van der Waals surface area contributed by atoms with Crippen molar-refractivity contribution in [2.24, 2.45) is 11.8 Å². The third-order valence-corrected chi connectivity index (χ3v) is 10.5. The lowest BCUT2D eigenvalue weighted by molar-refractivity contribution is -0.228. The van der Waals surface area contributed by atoms with Crippen molar-refractivity contribution in [3.05, 3.63) is 65.0 Å². The zero-order valence-electron chi connectivity index (χ0n) is 19.8. The van der Waals surface area contributed by atoms with Crippen LogP contribution in [0.15, 0.2) is 47.4 Å². The lowest BCUT2D eigenvalue weighted by Gasteiger charge is -2.43. The molecular weight excluding hydrogens is 503 g/mol. The van der Waals surface area contributed by atoms with Gasteiger partial charge in [0.05, 0.1) is 4.90 Å². The molecular formula is C26H27F5O4S. The summed E-state index contributed by atoms with van der Waals surface area (Å²) in [4.78, 5) is 12.2. The quantitative estimate of drug-likeness (QED) is 0.393. The van der Waals surface area contributed by atoms with E-state index in [2.05, 4.69) is 0 Å². The number of hydrogen-bond donors (Lipinski definition) is 1. The fourth-order valence-electron chi connectivity index (χ4n) is 5.93. The van der Waals surface area contributed by atoms with Crippen molar-refractivity contribution < 1.29 is 40.3 Å². The molecule has 0 spiro atoms. The smallest absolute Gasteiger partial charge is 0.386 e. The molecule has 2 aliphatic carbocycles. The predicted octanol–water partition coefficient (Wildman–Crippen LogP) is 5.55. The Hall–Kier alpha value is -2.33. The van der Waals surface area contributed by atoms with Crippen LogP contribution in [-0.2, 0) is 31.5 Å². The SMILES string of the molecule is C[C@@H](O)C(=O)C[C@@H]1CC[C@@]2(S(=O)(=O)c3ccc(F)cc3)c3ccc(C(C)(F)C(F)(F)F)cc3CC[C@@H]12. The number of rotatable bonds is 6. The van der Waals surface area contributed by atoms with Gasteiger partial charge in [0.1, 0.15) is 16.7 Å². The van der Waals surface area contributed by atoms with Crippen molar-refractivity contribution in [3.8, 4) is 0 Å². The molecule has 5 atom stereocenters. The van der Waals surface area contributed by atoms with Crippen LogP contribution in [0.25, 0.3) is 0 Å². The van der Waals surface area contributed by atoms with Crippen molar-refractivity contribution in [1.29, 1.82) is 0 Å². The maximum atomic E-state index is 14.7. The molecule has 0 radical (unpaired) electrons. The van der Waals surface area contributed by atoms with Crippen LogP contribution in [0.2, 0.25) is 0 Å². The van der Waals surface area contributed by atoms with E-state index < -0.39 is 55.6 Å². The summed E-state index contributed by atoms with van der Waals surface area (Å²) in [7, 11) is -4.21. The number of ketones is 1. The molecule has 2 aromatic rings. The van der Waals surface area contributed by atoms with Gasteiger partial charge in [0.2, 0.25) is 5.67 Å². The van der Waals surface area contributed by atoms with E-state index in [4.69, 9.17) is 0 Å². The van der Waals surface area contributed by atoms with Crippen molar-refractivity contribution >= 4 is 15.6 Å². The Morgan fingerprint density at radius 3 is 2.33 bits per heavy atom. The van der Waals surface area contributed by atoms with Crippen LogP contribution in [0.5, 0.6) is 0 Å². The van der Waals surface area contributed by atoms with E-state index >= 15 is 0 Å². The van der Waals surface area contributed by atoms with Crippen molar-refractivity contribution in [2.75, 3.05) is 0 Å². The minimum atomic E-state index is -5.16. The zero-order chi connectivity index (χ0) is 26.7. The average molecular weight is 531 g/mol. The largest absolute Gasteiger partial charge is 0.426 e. The van der Waals surface area contributed by atoms with Gasteiger partial charge >= 0.3 is 6.18 Å². The van der Waals surface area contributed by atoms with Gasteiger partial charge in [-0.3, -0.25) is 4.79 Å². The third kappa shape index (κ3) is 4.06. The maximum Gasteiger partial charge on any atom is 0.426 e. The Morgan fingerprint density at radius 2 is 1.75 bits per heavy atom. The van der Waals surface area contributed by atoms with Gasteiger partial charge in [-0.05, 0) is 92.3 Å². The highest BCUT2D eigenvalue weighted by atomic mass is 32.2. The summed E-state index contributed by atoms with van der Waals surface area (Å²) in [6, 6.07) is 7.67. The van der Waals surface area contributed by atoms with Gasteiger partial charge in [-0.2, -0.15) is 13.2 Å². The second-order valence-corrected chi connectivity index (χ2v) is 12.2. The number of aryl methyl sites for hydroxylation is 1. The van der Waals surface area contributed by atoms with Crippen LogP contribution in [0.4, 0.5) is 22.0 Å². The molecule has 0 amide bonds. The number of benzene rings is 2. The molecule has 1 fully saturated rings. The number of Topliss-reactive ketones (excluding diaryl/α,β-unsaturated/α-hetero) is 1. The van der Waals surface area contributed by atoms with Crippen LogP contribution in [0.1, 0.15) is 56.2 Å². The topological polar surface area (TPSA) is 71.4 Å². The molecule has 0 bridgehead atoms. The molecule has 0 aromatic heterocycles. The molecule has 4 rings (SSSR count). The third-order valence-electron chi connectivity index (χ3n) is 7.95. The molecule has 1 N–H and O–H groups in total. The monoisotopic (exact) mass is 530 g/mol. The summed E-state index contributed by atoms with van der Waals surface area (Å²) in [5.41, 5.74) is -3.63. The van der Waals surface area contributed by atoms with Crippen LogP contribution in [-0.4, -0.2) is 31.6 Å². The molecule has 196 valence electrons. The number of sulfone groups is 1. The normalized spacial score (nSPS) is 26.6. The number of hydrogen-bond acceptors (Lipinski definition) is 4. The fraction of sp³-hybridized carbons (Fsp3) is 0.500. The zero-order valence-corrected chi connectivity index (χ0v) is 20.6. The molecule has 1 saturated carbocycles. The maximum absolute atomic E-state index is 14.7. The van der Waals surface area contributed by atoms with Gasteiger partial charge in [0.15, 0.2) is 15.6 Å². The fourth-order valence-corrected chi connectivity index (χ4v) is 8.43. The summed E-state index contributed by atoms with van der Waals surface area (Å²) in [6.45, 7) is 1.77. The Labute approximate surface area is 206 Å². The minimum absolute atomic E-state index is 0.0347. The van der Waals surface area contributed by atoms with Crippen LogP contribution < -0.4 is 0 Å². The number of fused-ring (bicyclic) bond motifs is 3. The van der Waals surface area contributed by atoms with Gasteiger partial charge < -0.3 is 5.11 Å². The molecule has 1 unspecified atom stereocenters. The van der Waals surface area contributed by atoms with Crippen LogP contribution in [0.3, 0.4) is 0 Å². The second-order valence-electron chi connectivity index (χ2n) is 10.0. The number of alkyl halides is 4. The molecule has 0 aliphatic heterocycles. The number of halogens is 5. The average Bonchev–Trinajstić information content (AvgIpc) is 3.18. The summed E-state index contributed by atoms with van der Waals surface area (Å²) < 4.78 is 95.2. The first-order chi connectivity index (χ1) is 16.6. The molecule has 4 nitrogen and oxygen atoms in total. The van der Waals surface area contributed by atoms with Crippen molar-refractivity contribution in [3.63, 3.8) is 0 Å². The Balaban J connectivity index is 1.89. The van der Waals surface area contributed by atoms with Crippen LogP contribution >= 0.6 is 0 Å². The van der Waals surface area contributed by atoms with E-state index in [0.29, 0.717) is 18.9 Å². The highest BCUT2D eigenvalue weighted by molar-refractivity contribution is 7.92. The molecule has 2 aromatic carbocycles. The van der Waals surface area contributed by atoms with Crippen molar-refractivity contribution in [1.82, 2.24) is 0 Å². The Morgan fingerprint density at radius 1 is 1.11 bits per heavy atom. The molecule has 2 aliphatic rings. The first-order valence-electron chi connectivity index (χ1n) is 11.7. The predicted molar refractivity (Wildman–Crippen MR) is 122 cm³/mol. The Kier molecular flexibility index (Phi) is 6.61. The van der Waals surface area contributed by atoms with Gasteiger partial charge in [0.25, 0.3) is 0 Å². The van der Waals surface area contributed by atoms with E-state index in [1.54, 1.807) is 0 Å². The van der Waals surface area contributed by atoms with Gasteiger partial charge in [-0.15, -0.1) is 0 Å². The molecule has 0 heterocycles. The number of carbonyl (C=O) groups excluding carboxylic acids is 1. The highest BCUT2D eigenvalue weighted by Gasteiger charge is 2.61. The number of aliphatic hydroxyl groups is 1. The van der Waals surface area contributed by atoms with E-state index in [1.165, 1.54) is 13.0 Å². The van der Waals surface area contributed by atoms with Crippen LogP contribution in [0, 0.1) is 17.7 Å². The molecule has 36 heavy (non-hydrogen) atoms. The summed E-state index contributed by atoms with van der Waals surface area (Å²) in [6.07, 6.45) is -5.51. The summed E-state index contributed by atoms with van der Waals surface area (Å²) in [5.74, 6) is -1.99. The van der Waals surface area contributed by atoms with Crippen molar-refractivity contribution in [2.45, 2.75) is 73.5 Å². The van der Waals surface area contributed by atoms with Gasteiger partial charge in [-0.25, -0.2) is 17.2 Å². The molecule has 10 heteroatoms. The Bertz CT molecular complexity index is 1270. The summed E-state index contributed by atoms with van der Waals surface area (Å²) in [5, 5.41) is 9.70. The van der Waals surface area contributed by atoms with Gasteiger partial charge in [-0.1, -0.05) is 18.2 Å². The van der Waals surface area contributed by atoms with E-state index in [1.807, 2.05) is 0 Å².